The van der Waals surface area contributed by atoms with Gasteiger partial charge in [0.2, 0.25) is 17.7 Å². The van der Waals surface area contributed by atoms with Crippen LogP contribution in [0, 0.1) is 5.82 Å². The fourth-order valence-corrected chi connectivity index (χ4v) is 2.76. The van der Waals surface area contributed by atoms with Gasteiger partial charge in [-0.25, -0.2) is 4.39 Å². The highest BCUT2D eigenvalue weighted by atomic mass is 19.1. The van der Waals surface area contributed by atoms with Gasteiger partial charge >= 0.3 is 0 Å². The average molecular weight is 335 g/mol. The van der Waals surface area contributed by atoms with Gasteiger partial charge < -0.3 is 14.7 Å². The van der Waals surface area contributed by atoms with Crippen LogP contribution in [-0.4, -0.2) is 72.2 Å². The zero-order valence-corrected chi connectivity index (χ0v) is 14.2. The molecule has 6 nitrogen and oxygen atoms in total. The summed E-state index contributed by atoms with van der Waals surface area (Å²) in [6.07, 6.45) is 0.0948. The normalized spacial score (nSPS) is 17.6. The van der Waals surface area contributed by atoms with Crippen LogP contribution >= 0.6 is 0 Å². The number of hydrogen-bond donors (Lipinski definition) is 0. The van der Waals surface area contributed by atoms with E-state index >= 15 is 0 Å². The number of likely N-dealkylation sites (N-methyl/N-ethyl adjacent to an activating group) is 1. The molecule has 1 aliphatic rings. The van der Waals surface area contributed by atoms with E-state index < -0.39 is 6.04 Å². The number of piperazine rings is 1. The Labute approximate surface area is 140 Å². The zero-order chi connectivity index (χ0) is 17.9. The number of halogens is 1. The predicted molar refractivity (Wildman–Crippen MR) is 86.6 cm³/mol. The first-order chi connectivity index (χ1) is 11.3. The van der Waals surface area contributed by atoms with Gasteiger partial charge in [0.25, 0.3) is 0 Å². The fourth-order valence-electron chi connectivity index (χ4n) is 2.76. The van der Waals surface area contributed by atoms with Crippen molar-refractivity contribution < 1.29 is 18.8 Å². The molecule has 0 aromatic heterocycles. The molecule has 0 aliphatic carbocycles. The van der Waals surface area contributed by atoms with E-state index in [0.29, 0.717) is 18.7 Å². The van der Waals surface area contributed by atoms with Gasteiger partial charge in [0.1, 0.15) is 11.9 Å². The summed E-state index contributed by atoms with van der Waals surface area (Å²) in [7, 11) is 3.25. The third-order valence-corrected chi connectivity index (χ3v) is 4.14. The molecule has 0 unspecified atom stereocenters. The number of rotatable bonds is 3. The van der Waals surface area contributed by atoms with Crippen LogP contribution in [0.25, 0.3) is 0 Å². The van der Waals surface area contributed by atoms with Gasteiger partial charge in [-0.1, -0.05) is 12.1 Å². The van der Waals surface area contributed by atoms with Crippen molar-refractivity contribution in [2.24, 2.45) is 0 Å². The van der Waals surface area contributed by atoms with E-state index in [4.69, 9.17) is 0 Å². The molecule has 0 bridgehead atoms. The van der Waals surface area contributed by atoms with E-state index in [1.165, 1.54) is 28.9 Å². The zero-order valence-electron chi connectivity index (χ0n) is 14.2. The number of carbonyl (C=O) groups excluding carboxylic acids is 3. The Balaban J connectivity index is 2.15. The van der Waals surface area contributed by atoms with Crippen molar-refractivity contribution in [1.82, 2.24) is 14.7 Å². The summed E-state index contributed by atoms with van der Waals surface area (Å²) >= 11 is 0. The molecule has 3 amide bonds. The summed E-state index contributed by atoms with van der Waals surface area (Å²) < 4.78 is 13.0. The van der Waals surface area contributed by atoms with Gasteiger partial charge in [-0.3, -0.25) is 14.4 Å². The summed E-state index contributed by atoms with van der Waals surface area (Å²) in [5.41, 5.74) is 0.687. The average Bonchev–Trinajstić information content (AvgIpc) is 2.55. The molecule has 1 atom stereocenters. The van der Waals surface area contributed by atoms with Gasteiger partial charge in [0.15, 0.2) is 0 Å². The maximum absolute atomic E-state index is 13.0. The molecule has 1 aliphatic heterocycles. The van der Waals surface area contributed by atoms with Crippen molar-refractivity contribution >= 4 is 17.7 Å². The lowest BCUT2D eigenvalue weighted by molar-refractivity contribution is -0.150. The maximum atomic E-state index is 13.0. The third kappa shape index (κ3) is 4.10. The van der Waals surface area contributed by atoms with Crippen molar-refractivity contribution in [2.45, 2.75) is 19.4 Å². The first-order valence-electron chi connectivity index (χ1n) is 7.80. The Morgan fingerprint density at radius 1 is 1.17 bits per heavy atom. The Morgan fingerprint density at radius 3 is 2.33 bits per heavy atom. The molecule has 130 valence electrons. The highest BCUT2D eigenvalue weighted by Crippen LogP contribution is 2.15. The van der Waals surface area contributed by atoms with E-state index in [1.807, 2.05) is 0 Å². The number of nitrogens with zero attached hydrogens (tertiary/aromatic N) is 3. The Bertz CT molecular complexity index is 630. The van der Waals surface area contributed by atoms with Gasteiger partial charge in [-0.05, 0) is 17.7 Å². The van der Waals surface area contributed by atoms with Gasteiger partial charge in [-0.15, -0.1) is 0 Å². The molecular weight excluding hydrogens is 313 g/mol. The molecule has 1 aromatic rings. The molecule has 7 heteroatoms. The lowest BCUT2D eigenvalue weighted by atomic mass is 10.1. The van der Waals surface area contributed by atoms with Crippen molar-refractivity contribution in [2.75, 3.05) is 33.7 Å². The van der Waals surface area contributed by atoms with Crippen LogP contribution in [-0.2, 0) is 20.8 Å². The monoisotopic (exact) mass is 335 g/mol. The smallest absolute Gasteiger partial charge is 0.246 e. The SMILES string of the molecule is CC(=O)N1CCN(C(=O)Cc2ccc(F)cc2)[C@@H](C(=O)N(C)C)C1. The first-order valence-corrected chi connectivity index (χ1v) is 7.80. The summed E-state index contributed by atoms with van der Waals surface area (Å²) in [5, 5.41) is 0. The minimum atomic E-state index is -0.689. The first kappa shape index (κ1) is 17.9. The highest BCUT2D eigenvalue weighted by Gasteiger charge is 2.36. The molecule has 0 N–H and O–H groups in total. The summed E-state index contributed by atoms with van der Waals surface area (Å²) in [6.45, 7) is 2.36. The summed E-state index contributed by atoms with van der Waals surface area (Å²) in [6, 6.07) is 5.03. The molecule has 24 heavy (non-hydrogen) atoms. The van der Waals surface area contributed by atoms with Gasteiger partial charge in [-0.2, -0.15) is 0 Å². The van der Waals surface area contributed by atoms with Gasteiger partial charge in [0, 0.05) is 34.1 Å². The van der Waals surface area contributed by atoms with Crippen LogP contribution < -0.4 is 0 Å². The summed E-state index contributed by atoms with van der Waals surface area (Å²) in [4.78, 5) is 41.2. The van der Waals surface area contributed by atoms with Crippen LogP contribution in [0.15, 0.2) is 24.3 Å². The van der Waals surface area contributed by atoms with Crippen LogP contribution in [0.2, 0.25) is 0 Å². The Kier molecular flexibility index (Phi) is 5.54. The molecule has 1 aromatic carbocycles. The van der Waals surface area contributed by atoms with Gasteiger partial charge in [0.05, 0.1) is 13.0 Å². The lowest BCUT2D eigenvalue weighted by Crippen LogP contribution is -2.61. The number of amides is 3. The second kappa shape index (κ2) is 7.42. The Hall–Kier alpha value is -2.44. The number of hydrogen-bond acceptors (Lipinski definition) is 3. The van der Waals surface area contributed by atoms with Crippen LogP contribution in [0.4, 0.5) is 4.39 Å². The lowest BCUT2D eigenvalue weighted by Gasteiger charge is -2.41. The quantitative estimate of drug-likeness (QED) is 0.809. The van der Waals surface area contributed by atoms with E-state index in [-0.39, 0.29) is 36.5 Å². The van der Waals surface area contributed by atoms with E-state index in [1.54, 1.807) is 31.1 Å². The van der Waals surface area contributed by atoms with Crippen molar-refractivity contribution in [3.63, 3.8) is 0 Å². The standard InChI is InChI=1S/C17H22FN3O3/c1-12(22)20-8-9-21(15(11-20)17(24)19(2)3)16(23)10-13-4-6-14(18)7-5-13/h4-7,15H,8-11H2,1-3H3/t15-/m1/s1. The Morgan fingerprint density at radius 2 is 1.79 bits per heavy atom. The summed E-state index contributed by atoms with van der Waals surface area (Å²) in [5.74, 6) is -0.891. The fraction of sp³-hybridized carbons (Fsp3) is 0.471. The molecule has 0 saturated carbocycles. The number of benzene rings is 1. The molecule has 1 fully saturated rings. The molecule has 1 heterocycles. The van der Waals surface area contributed by atoms with Crippen molar-refractivity contribution in [3.8, 4) is 0 Å². The minimum absolute atomic E-state index is 0.0948. The molecule has 1 saturated heterocycles. The molecule has 0 spiro atoms. The second-order valence-corrected chi connectivity index (χ2v) is 6.10. The maximum Gasteiger partial charge on any atom is 0.246 e. The third-order valence-electron chi connectivity index (χ3n) is 4.14. The highest BCUT2D eigenvalue weighted by molar-refractivity contribution is 5.89. The molecular formula is C17H22FN3O3. The molecule has 2 rings (SSSR count). The topological polar surface area (TPSA) is 60.9 Å². The van der Waals surface area contributed by atoms with E-state index in [2.05, 4.69) is 0 Å². The second-order valence-electron chi connectivity index (χ2n) is 6.10. The largest absolute Gasteiger partial charge is 0.347 e. The number of carbonyl (C=O) groups is 3. The molecule has 0 radical (unpaired) electrons. The minimum Gasteiger partial charge on any atom is -0.347 e. The van der Waals surface area contributed by atoms with Crippen LogP contribution in [0.1, 0.15) is 12.5 Å². The van der Waals surface area contributed by atoms with E-state index in [0.717, 1.165) is 0 Å². The predicted octanol–water partition coefficient (Wildman–Crippen LogP) is 0.516. The van der Waals surface area contributed by atoms with E-state index in [9.17, 15) is 18.8 Å². The van der Waals surface area contributed by atoms with Crippen molar-refractivity contribution in [1.29, 1.82) is 0 Å². The van der Waals surface area contributed by atoms with Crippen molar-refractivity contribution in [3.05, 3.63) is 35.6 Å². The van der Waals surface area contributed by atoms with Crippen LogP contribution in [0.3, 0.4) is 0 Å². The van der Waals surface area contributed by atoms with Crippen LogP contribution in [0.5, 0.6) is 0 Å².